The minimum absolute atomic E-state index is 0.573. The number of rotatable bonds is 7. The Morgan fingerprint density at radius 1 is 1.17 bits per heavy atom. The van der Waals surface area contributed by atoms with Crippen LogP contribution in [-0.4, -0.2) is 49.8 Å². The standard InChI is InChI=1S/C15H30N2O/c1-2-9-16-14-6-5-10-17(13-14)11-12-18-15-7-3-4-8-15/h14-16H,2-13H2,1H3. The maximum Gasteiger partial charge on any atom is 0.0597 e. The summed E-state index contributed by atoms with van der Waals surface area (Å²) >= 11 is 0. The van der Waals surface area contributed by atoms with E-state index in [1.165, 1.54) is 58.0 Å². The van der Waals surface area contributed by atoms with Crippen LogP contribution in [0.2, 0.25) is 0 Å². The third-order valence-corrected chi connectivity index (χ3v) is 4.25. The molecule has 0 radical (unpaired) electrons. The van der Waals surface area contributed by atoms with Gasteiger partial charge in [-0.05, 0) is 45.2 Å². The van der Waals surface area contributed by atoms with Gasteiger partial charge in [0.15, 0.2) is 0 Å². The van der Waals surface area contributed by atoms with E-state index in [0.717, 1.165) is 19.7 Å². The van der Waals surface area contributed by atoms with E-state index in [-0.39, 0.29) is 0 Å². The normalized spacial score (nSPS) is 26.8. The number of nitrogens with one attached hydrogen (secondary N) is 1. The molecule has 0 spiro atoms. The smallest absolute Gasteiger partial charge is 0.0597 e. The lowest BCUT2D eigenvalue weighted by Crippen LogP contribution is -2.46. The van der Waals surface area contributed by atoms with Crippen LogP contribution in [-0.2, 0) is 4.74 Å². The Labute approximate surface area is 112 Å². The van der Waals surface area contributed by atoms with E-state index in [2.05, 4.69) is 17.1 Å². The SMILES string of the molecule is CCCNC1CCCN(CCOC2CCCC2)C1. The van der Waals surface area contributed by atoms with Gasteiger partial charge in [0.05, 0.1) is 12.7 Å². The van der Waals surface area contributed by atoms with Gasteiger partial charge >= 0.3 is 0 Å². The van der Waals surface area contributed by atoms with Crippen LogP contribution < -0.4 is 5.32 Å². The molecule has 1 unspecified atom stereocenters. The number of piperidine rings is 1. The van der Waals surface area contributed by atoms with Crippen LogP contribution in [0.15, 0.2) is 0 Å². The maximum atomic E-state index is 5.96. The van der Waals surface area contributed by atoms with Crippen molar-refractivity contribution in [2.75, 3.05) is 32.8 Å². The summed E-state index contributed by atoms with van der Waals surface area (Å²) in [6.07, 6.45) is 9.83. The van der Waals surface area contributed by atoms with Crippen LogP contribution >= 0.6 is 0 Å². The van der Waals surface area contributed by atoms with Crippen molar-refractivity contribution in [1.29, 1.82) is 0 Å². The molecular formula is C15H30N2O. The van der Waals surface area contributed by atoms with Crippen LogP contribution in [0.1, 0.15) is 51.9 Å². The Balaban J connectivity index is 1.57. The van der Waals surface area contributed by atoms with Gasteiger partial charge in [-0.15, -0.1) is 0 Å². The van der Waals surface area contributed by atoms with Gasteiger partial charge in [0.25, 0.3) is 0 Å². The summed E-state index contributed by atoms with van der Waals surface area (Å²) in [6.45, 7) is 7.94. The summed E-state index contributed by atoms with van der Waals surface area (Å²) in [5.41, 5.74) is 0. The first-order chi connectivity index (χ1) is 8.88. The van der Waals surface area contributed by atoms with E-state index >= 15 is 0 Å². The van der Waals surface area contributed by atoms with Crippen LogP contribution in [0.4, 0.5) is 0 Å². The zero-order valence-electron chi connectivity index (χ0n) is 12.0. The Morgan fingerprint density at radius 2 is 2.00 bits per heavy atom. The molecule has 0 aromatic heterocycles. The molecule has 2 fully saturated rings. The van der Waals surface area contributed by atoms with E-state index < -0.39 is 0 Å². The van der Waals surface area contributed by atoms with Crippen molar-refractivity contribution in [3.05, 3.63) is 0 Å². The Bertz CT molecular complexity index is 217. The highest BCUT2D eigenvalue weighted by Gasteiger charge is 2.20. The lowest BCUT2D eigenvalue weighted by atomic mass is 10.1. The highest BCUT2D eigenvalue weighted by molar-refractivity contribution is 4.78. The molecule has 106 valence electrons. The lowest BCUT2D eigenvalue weighted by molar-refractivity contribution is 0.0360. The first-order valence-corrected chi connectivity index (χ1v) is 7.96. The summed E-state index contributed by atoms with van der Waals surface area (Å²) in [5.74, 6) is 0. The average Bonchev–Trinajstić information content (AvgIpc) is 2.90. The first kappa shape index (κ1) is 14.3. The summed E-state index contributed by atoms with van der Waals surface area (Å²) in [7, 11) is 0. The van der Waals surface area contributed by atoms with E-state index in [4.69, 9.17) is 4.74 Å². The number of hydrogen-bond donors (Lipinski definition) is 1. The fourth-order valence-electron chi connectivity index (χ4n) is 3.18. The van der Waals surface area contributed by atoms with Crippen molar-refractivity contribution in [2.24, 2.45) is 0 Å². The Morgan fingerprint density at radius 3 is 2.78 bits per heavy atom. The molecule has 1 saturated heterocycles. The third-order valence-electron chi connectivity index (χ3n) is 4.25. The van der Waals surface area contributed by atoms with Crippen LogP contribution in [0.25, 0.3) is 0 Å². The molecular weight excluding hydrogens is 224 g/mol. The van der Waals surface area contributed by atoms with Gasteiger partial charge in [-0.1, -0.05) is 19.8 Å². The van der Waals surface area contributed by atoms with E-state index in [0.29, 0.717) is 12.1 Å². The highest BCUT2D eigenvalue weighted by Crippen LogP contribution is 2.20. The Kier molecular flexibility index (Phi) is 6.46. The summed E-state index contributed by atoms with van der Waals surface area (Å²) in [4.78, 5) is 2.58. The molecule has 0 aromatic carbocycles. The molecule has 3 nitrogen and oxygen atoms in total. The minimum Gasteiger partial charge on any atom is -0.377 e. The van der Waals surface area contributed by atoms with Crippen molar-refractivity contribution in [3.63, 3.8) is 0 Å². The molecule has 3 heteroatoms. The number of likely N-dealkylation sites (tertiary alicyclic amines) is 1. The third kappa shape index (κ3) is 4.87. The monoisotopic (exact) mass is 254 g/mol. The number of ether oxygens (including phenoxy) is 1. The van der Waals surface area contributed by atoms with Crippen molar-refractivity contribution < 1.29 is 4.74 Å². The molecule has 1 atom stereocenters. The topological polar surface area (TPSA) is 24.5 Å². The van der Waals surface area contributed by atoms with E-state index in [9.17, 15) is 0 Å². The van der Waals surface area contributed by atoms with Gasteiger partial charge < -0.3 is 10.1 Å². The largest absolute Gasteiger partial charge is 0.377 e. The summed E-state index contributed by atoms with van der Waals surface area (Å²) in [5, 5.41) is 3.65. The molecule has 18 heavy (non-hydrogen) atoms. The van der Waals surface area contributed by atoms with Gasteiger partial charge in [0.1, 0.15) is 0 Å². The second kappa shape index (κ2) is 8.13. The average molecular weight is 254 g/mol. The zero-order valence-corrected chi connectivity index (χ0v) is 12.0. The van der Waals surface area contributed by atoms with Crippen molar-refractivity contribution >= 4 is 0 Å². The molecule has 2 rings (SSSR count). The van der Waals surface area contributed by atoms with Crippen molar-refractivity contribution in [3.8, 4) is 0 Å². The van der Waals surface area contributed by atoms with Crippen molar-refractivity contribution in [2.45, 2.75) is 64.0 Å². The lowest BCUT2D eigenvalue weighted by Gasteiger charge is -2.33. The van der Waals surface area contributed by atoms with Gasteiger partial charge in [0, 0.05) is 19.1 Å². The van der Waals surface area contributed by atoms with Gasteiger partial charge in [0.2, 0.25) is 0 Å². The molecule has 1 aliphatic carbocycles. The van der Waals surface area contributed by atoms with E-state index in [1.54, 1.807) is 0 Å². The van der Waals surface area contributed by atoms with Gasteiger partial charge in [-0.25, -0.2) is 0 Å². The van der Waals surface area contributed by atoms with Crippen LogP contribution in [0, 0.1) is 0 Å². The van der Waals surface area contributed by atoms with Crippen LogP contribution in [0.5, 0.6) is 0 Å². The highest BCUT2D eigenvalue weighted by atomic mass is 16.5. The molecule has 1 N–H and O–H groups in total. The summed E-state index contributed by atoms with van der Waals surface area (Å²) < 4.78 is 5.96. The quantitative estimate of drug-likeness (QED) is 0.755. The fraction of sp³-hybridized carbons (Fsp3) is 1.00. The predicted octanol–water partition coefficient (Wildman–Crippen LogP) is 2.41. The predicted molar refractivity (Wildman–Crippen MR) is 76.0 cm³/mol. The second-order valence-corrected chi connectivity index (χ2v) is 5.87. The van der Waals surface area contributed by atoms with E-state index in [1.807, 2.05) is 0 Å². The van der Waals surface area contributed by atoms with Gasteiger partial charge in [-0.3, -0.25) is 4.90 Å². The summed E-state index contributed by atoms with van der Waals surface area (Å²) in [6, 6.07) is 0.713. The molecule has 1 aliphatic heterocycles. The zero-order chi connectivity index (χ0) is 12.6. The van der Waals surface area contributed by atoms with Crippen molar-refractivity contribution in [1.82, 2.24) is 10.2 Å². The molecule has 0 aromatic rings. The number of hydrogen-bond acceptors (Lipinski definition) is 3. The van der Waals surface area contributed by atoms with Crippen LogP contribution in [0.3, 0.4) is 0 Å². The molecule has 0 bridgehead atoms. The fourth-order valence-corrected chi connectivity index (χ4v) is 3.18. The first-order valence-electron chi connectivity index (χ1n) is 7.96. The maximum absolute atomic E-state index is 5.96. The molecule has 2 aliphatic rings. The second-order valence-electron chi connectivity index (χ2n) is 5.87. The van der Waals surface area contributed by atoms with Gasteiger partial charge in [-0.2, -0.15) is 0 Å². The Hall–Kier alpha value is -0.120. The molecule has 1 saturated carbocycles. The number of nitrogens with zero attached hydrogens (tertiary/aromatic N) is 1. The minimum atomic E-state index is 0.573. The molecule has 0 amide bonds. The molecule has 1 heterocycles.